The second-order valence-corrected chi connectivity index (χ2v) is 7.38. The van der Waals surface area contributed by atoms with Crippen LogP contribution in [0, 0.1) is 0 Å². The summed E-state index contributed by atoms with van der Waals surface area (Å²) in [6, 6.07) is 9.57. The minimum atomic E-state index is -1.20. The fourth-order valence-electron chi connectivity index (χ4n) is 3.03. The van der Waals surface area contributed by atoms with Crippen LogP contribution in [0.1, 0.15) is 32.6 Å². The molecule has 0 saturated carbocycles. The molecule has 0 aliphatic heterocycles. The molecule has 1 unspecified atom stereocenters. The summed E-state index contributed by atoms with van der Waals surface area (Å²) in [7, 11) is 0. The third-order valence-corrected chi connectivity index (χ3v) is 4.13. The zero-order valence-corrected chi connectivity index (χ0v) is 15.7. The maximum atomic E-state index is 11.9. The first-order valence-electron chi connectivity index (χ1n) is 8.75. The zero-order chi connectivity index (χ0) is 19.8. The number of benzene rings is 1. The molecular weight excluding hydrogens is 346 g/mol. The number of nitrogens with two attached hydrogens (primary N) is 2. The average Bonchev–Trinajstić information content (AvgIpc) is 2.86. The SMILES string of the molecule is CC(C)(C)OC(=O)NCCn1c2ccccc2c2cc(C(N)O)c(N)nc21. The highest BCUT2D eigenvalue weighted by atomic mass is 16.6. The molecule has 0 fully saturated rings. The van der Waals surface area contributed by atoms with Gasteiger partial charge in [-0.2, -0.15) is 0 Å². The van der Waals surface area contributed by atoms with Crippen molar-refractivity contribution in [3.63, 3.8) is 0 Å². The number of anilines is 1. The molecule has 144 valence electrons. The molecule has 8 nitrogen and oxygen atoms in total. The number of nitrogens with zero attached hydrogens (tertiary/aromatic N) is 2. The number of fused-ring (bicyclic) bond motifs is 3. The molecule has 2 aromatic heterocycles. The van der Waals surface area contributed by atoms with Gasteiger partial charge in [-0.15, -0.1) is 0 Å². The lowest BCUT2D eigenvalue weighted by atomic mass is 10.1. The molecule has 0 radical (unpaired) electrons. The highest BCUT2D eigenvalue weighted by Gasteiger charge is 2.18. The fourth-order valence-corrected chi connectivity index (χ4v) is 3.03. The van der Waals surface area contributed by atoms with Crippen LogP contribution in [0.5, 0.6) is 0 Å². The van der Waals surface area contributed by atoms with Crippen molar-refractivity contribution < 1.29 is 14.6 Å². The number of rotatable bonds is 4. The molecule has 0 saturated heterocycles. The molecule has 0 aliphatic carbocycles. The van der Waals surface area contributed by atoms with E-state index in [0.717, 1.165) is 16.3 Å². The lowest BCUT2D eigenvalue weighted by molar-refractivity contribution is 0.0526. The van der Waals surface area contributed by atoms with Gasteiger partial charge in [0.05, 0.1) is 5.52 Å². The Balaban J connectivity index is 1.94. The first-order valence-corrected chi connectivity index (χ1v) is 8.75. The molecular formula is C19H25N5O3. The summed E-state index contributed by atoms with van der Waals surface area (Å²) in [5.74, 6) is 0.182. The Morgan fingerprint density at radius 2 is 2.04 bits per heavy atom. The molecule has 0 bridgehead atoms. The number of aromatic nitrogens is 2. The Morgan fingerprint density at radius 3 is 2.70 bits per heavy atom. The van der Waals surface area contributed by atoms with Crippen LogP contribution in [0.4, 0.5) is 10.6 Å². The van der Waals surface area contributed by atoms with Crippen LogP contribution < -0.4 is 16.8 Å². The quantitative estimate of drug-likeness (QED) is 0.521. The summed E-state index contributed by atoms with van der Waals surface area (Å²) in [5, 5.41) is 14.3. The molecule has 1 aromatic carbocycles. The number of amides is 1. The minimum absolute atomic E-state index is 0.182. The molecule has 8 heteroatoms. The van der Waals surface area contributed by atoms with Crippen molar-refractivity contribution in [2.45, 2.75) is 39.1 Å². The molecule has 1 atom stereocenters. The molecule has 0 spiro atoms. The lowest BCUT2D eigenvalue weighted by Gasteiger charge is -2.19. The van der Waals surface area contributed by atoms with Crippen LogP contribution in [0.3, 0.4) is 0 Å². The number of carbonyl (C=O) groups excluding carboxylic acids is 1. The third-order valence-electron chi connectivity index (χ3n) is 4.13. The summed E-state index contributed by atoms with van der Waals surface area (Å²) < 4.78 is 7.23. The number of nitrogens with one attached hydrogen (secondary N) is 1. The molecule has 0 aliphatic rings. The van der Waals surface area contributed by atoms with Gasteiger partial charge in [0.15, 0.2) is 0 Å². The number of para-hydroxylation sites is 1. The first-order chi connectivity index (χ1) is 12.7. The fraction of sp³-hybridized carbons (Fsp3) is 0.368. The van der Waals surface area contributed by atoms with E-state index in [1.54, 1.807) is 6.07 Å². The van der Waals surface area contributed by atoms with Crippen LogP contribution in [-0.4, -0.2) is 32.9 Å². The van der Waals surface area contributed by atoms with E-state index in [1.807, 2.05) is 49.6 Å². The first kappa shape index (κ1) is 18.9. The molecule has 27 heavy (non-hydrogen) atoms. The topological polar surface area (TPSA) is 128 Å². The summed E-state index contributed by atoms with van der Waals surface area (Å²) in [6.45, 7) is 6.30. The number of hydrogen-bond donors (Lipinski definition) is 4. The number of aliphatic hydroxyl groups excluding tert-OH is 1. The van der Waals surface area contributed by atoms with E-state index < -0.39 is 17.9 Å². The Morgan fingerprint density at radius 1 is 1.33 bits per heavy atom. The van der Waals surface area contributed by atoms with Crippen LogP contribution in [-0.2, 0) is 11.3 Å². The molecule has 3 rings (SSSR count). The van der Waals surface area contributed by atoms with Gasteiger partial charge in [-0.1, -0.05) is 18.2 Å². The predicted octanol–water partition coefficient (Wildman–Crippen LogP) is 2.25. The highest BCUT2D eigenvalue weighted by molar-refractivity contribution is 6.07. The average molecular weight is 371 g/mol. The molecule has 2 heterocycles. The summed E-state index contributed by atoms with van der Waals surface area (Å²) in [6.07, 6.45) is -1.66. The minimum Gasteiger partial charge on any atom is -0.444 e. The predicted molar refractivity (Wildman–Crippen MR) is 105 cm³/mol. The van der Waals surface area contributed by atoms with Crippen LogP contribution in [0.2, 0.25) is 0 Å². The second-order valence-electron chi connectivity index (χ2n) is 7.38. The van der Waals surface area contributed by atoms with Gasteiger partial charge in [0, 0.05) is 29.4 Å². The van der Waals surface area contributed by atoms with E-state index in [-0.39, 0.29) is 5.82 Å². The van der Waals surface area contributed by atoms with Gasteiger partial charge in [-0.3, -0.25) is 0 Å². The van der Waals surface area contributed by atoms with Crippen molar-refractivity contribution in [3.05, 3.63) is 35.9 Å². The van der Waals surface area contributed by atoms with Crippen molar-refractivity contribution in [1.29, 1.82) is 0 Å². The number of ether oxygens (including phenoxy) is 1. The van der Waals surface area contributed by atoms with E-state index in [9.17, 15) is 9.90 Å². The Bertz CT molecular complexity index is 988. The van der Waals surface area contributed by atoms with Crippen molar-refractivity contribution in [2.24, 2.45) is 5.73 Å². The van der Waals surface area contributed by atoms with Crippen LogP contribution >= 0.6 is 0 Å². The molecule has 1 amide bonds. The van der Waals surface area contributed by atoms with E-state index in [0.29, 0.717) is 24.3 Å². The van der Waals surface area contributed by atoms with Crippen molar-refractivity contribution >= 4 is 33.8 Å². The van der Waals surface area contributed by atoms with Crippen LogP contribution in [0.25, 0.3) is 21.9 Å². The summed E-state index contributed by atoms with van der Waals surface area (Å²) in [4.78, 5) is 16.3. The maximum absolute atomic E-state index is 11.9. The van der Waals surface area contributed by atoms with E-state index in [4.69, 9.17) is 16.2 Å². The van der Waals surface area contributed by atoms with Gasteiger partial charge in [0.1, 0.15) is 23.3 Å². The lowest BCUT2D eigenvalue weighted by Crippen LogP contribution is -2.34. The van der Waals surface area contributed by atoms with Gasteiger partial charge in [-0.25, -0.2) is 9.78 Å². The van der Waals surface area contributed by atoms with Gasteiger partial charge in [0.2, 0.25) is 0 Å². The maximum Gasteiger partial charge on any atom is 0.407 e. The third kappa shape index (κ3) is 3.96. The number of alkyl carbamates (subject to hydrolysis) is 1. The number of carbonyl (C=O) groups is 1. The van der Waals surface area contributed by atoms with E-state index >= 15 is 0 Å². The van der Waals surface area contributed by atoms with Crippen LogP contribution in [0.15, 0.2) is 30.3 Å². The van der Waals surface area contributed by atoms with Gasteiger partial charge < -0.3 is 31.2 Å². The number of hydrogen-bond acceptors (Lipinski definition) is 6. The smallest absolute Gasteiger partial charge is 0.407 e. The molecule has 6 N–H and O–H groups in total. The Hall–Kier alpha value is -2.84. The monoisotopic (exact) mass is 371 g/mol. The van der Waals surface area contributed by atoms with Crippen molar-refractivity contribution in [1.82, 2.24) is 14.9 Å². The van der Waals surface area contributed by atoms with Crippen molar-refractivity contribution in [3.8, 4) is 0 Å². The summed E-state index contributed by atoms with van der Waals surface area (Å²) >= 11 is 0. The van der Waals surface area contributed by atoms with Gasteiger partial charge in [0.25, 0.3) is 0 Å². The summed E-state index contributed by atoms with van der Waals surface area (Å²) in [5.41, 5.74) is 13.0. The largest absolute Gasteiger partial charge is 0.444 e. The van der Waals surface area contributed by atoms with E-state index in [1.165, 1.54) is 0 Å². The number of nitrogen functional groups attached to an aromatic ring is 1. The van der Waals surface area contributed by atoms with Gasteiger partial charge >= 0.3 is 6.09 Å². The van der Waals surface area contributed by atoms with E-state index in [2.05, 4.69) is 10.3 Å². The second kappa shape index (κ2) is 7.05. The van der Waals surface area contributed by atoms with Gasteiger partial charge in [-0.05, 0) is 32.9 Å². The Kier molecular flexibility index (Phi) is 4.95. The van der Waals surface area contributed by atoms with Crippen molar-refractivity contribution in [2.75, 3.05) is 12.3 Å². The number of pyridine rings is 1. The normalized spacial score (nSPS) is 13.1. The molecule has 3 aromatic rings. The highest BCUT2D eigenvalue weighted by Crippen LogP contribution is 2.31. The number of aliphatic hydroxyl groups is 1. The standard InChI is InChI=1S/C19H25N5O3/c1-19(2,3)27-18(26)22-8-9-24-14-7-5-4-6-11(14)12-10-13(16(21)25)15(20)23-17(12)24/h4-7,10,16,25H,8-9,21H2,1-3H3,(H2,20,23)(H,22,26). The zero-order valence-electron chi connectivity index (χ0n) is 15.7. The Labute approximate surface area is 157 Å².